The Morgan fingerprint density at radius 1 is 1.04 bits per heavy atom. The van der Waals surface area contributed by atoms with Crippen LogP contribution in [-0.4, -0.2) is 73.0 Å². The van der Waals surface area contributed by atoms with Gasteiger partial charge in [0.05, 0.1) is 18.7 Å². The van der Waals surface area contributed by atoms with E-state index in [-0.39, 0.29) is 0 Å². The van der Waals surface area contributed by atoms with Gasteiger partial charge in [0.15, 0.2) is 0 Å². The Morgan fingerprint density at radius 3 is 2.58 bits per heavy atom. The molecular weight excluding hydrogens is 324 g/mol. The highest BCUT2D eigenvalue weighted by atomic mass is 16.5. The van der Waals surface area contributed by atoms with E-state index in [2.05, 4.69) is 43.9 Å². The van der Waals surface area contributed by atoms with E-state index in [4.69, 9.17) is 4.74 Å². The zero-order valence-electron chi connectivity index (χ0n) is 15.6. The number of hydrogen-bond donors (Lipinski definition) is 0. The van der Waals surface area contributed by atoms with Gasteiger partial charge in [0, 0.05) is 69.5 Å². The SMILES string of the molecule is [c]1cccc2c(CN3CCOCC3)cn(N3CCN(C4CCC4)CC3)c12. The number of piperazine rings is 1. The molecule has 1 saturated carbocycles. The van der Waals surface area contributed by atoms with E-state index in [0.29, 0.717) is 0 Å². The van der Waals surface area contributed by atoms with Gasteiger partial charge in [0.1, 0.15) is 0 Å². The first-order chi connectivity index (χ1) is 12.9. The molecule has 0 bridgehead atoms. The number of morpholine rings is 1. The maximum atomic E-state index is 5.50. The molecule has 3 aliphatic rings. The molecule has 0 unspecified atom stereocenters. The van der Waals surface area contributed by atoms with Crippen LogP contribution in [0.15, 0.2) is 24.4 Å². The molecule has 5 nitrogen and oxygen atoms in total. The van der Waals surface area contributed by atoms with Crippen molar-refractivity contribution in [2.45, 2.75) is 31.8 Å². The van der Waals surface area contributed by atoms with Gasteiger partial charge in [-0.3, -0.25) is 14.5 Å². The third kappa shape index (κ3) is 3.13. The predicted molar refractivity (Wildman–Crippen MR) is 104 cm³/mol. The first kappa shape index (κ1) is 16.6. The lowest BCUT2D eigenvalue weighted by Crippen LogP contribution is -2.55. The van der Waals surface area contributed by atoms with Crippen LogP contribution in [0.3, 0.4) is 0 Å². The topological polar surface area (TPSA) is 23.9 Å². The predicted octanol–water partition coefficient (Wildman–Crippen LogP) is 2.08. The average molecular weight is 353 g/mol. The van der Waals surface area contributed by atoms with Crippen LogP contribution in [0.4, 0.5) is 0 Å². The van der Waals surface area contributed by atoms with Crippen molar-refractivity contribution < 1.29 is 4.74 Å². The largest absolute Gasteiger partial charge is 0.379 e. The standard InChI is InChI=1S/C21H29N4O/c1-2-7-21-20(6-1)18(16-22-12-14-26-15-13-22)17-25(21)24-10-8-23(9-11-24)19-4-3-5-19/h1-2,6,17,19H,3-5,8-16H2. The summed E-state index contributed by atoms with van der Waals surface area (Å²) in [5.41, 5.74) is 2.65. The number of para-hydroxylation sites is 1. The van der Waals surface area contributed by atoms with Crippen molar-refractivity contribution >= 4 is 10.9 Å². The second-order valence-electron chi connectivity index (χ2n) is 7.89. The molecule has 0 atom stereocenters. The third-order valence-electron chi connectivity index (χ3n) is 6.37. The summed E-state index contributed by atoms with van der Waals surface area (Å²) in [5, 5.41) is 3.86. The molecule has 5 heteroatoms. The molecule has 1 aromatic heterocycles. The molecule has 5 rings (SSSR count). The lowest BCUT2D eigenvalue weighted by Gasteiger charge is -2.43. The van der Waals surface area contributed by atoms with Crippen LogP contribution in [0.5, 0.6) is 0 Å². The van der Waals surface area contributed by atoms with E-state index in [1.54, 1.807) is 0 Å². The number of benzene rings is 1. The Labute approximate surface area is 156 Å². The van der Waals surface area contributed by atoms with Gasteiger partial charge in [0.2, 0.25) is 0 Å². The van der Waals surface area contributed by atoms with Gasteiger partial charge in [-0.15, -0.1) is 0 Å². The Bertz CT molecular complexity index is 740. The molecule has 2 saturated heterocycles. The summed E-state index contributed by atoms with van der Waals surface area (Å²) < 4.78 is 7.88. The fraction of sp³-hybridized carbons (Fsp3) is 0.619. The van der Waals surface area contributed by atoms with E-state index < -0.39 is 0 Å². The summed E-state index contributed by atoms with van der Waals surface area (Å²) in [6, 6.07) is 10.8. The highest BCUT2D eigenvalue weighted by molar-refractivity contribution is 5.83. The minimum Gasteiger partial charge on any atom is -0.379 e. The molecule has 2 aliphatic heterocycles. The van der Waals surface area contributed by atoms with Crippen molar-refractivity contribution in [3.63, 3.8) is 0 Å². The first-order valence-corrected chi connectivity index (χ1v) is 10.2. The quantitative estimate of drug-likeness (QED) is 0.840. The van der Waals surface area contributed by atoms with Crippen molar-refractivity contribution in [2.24, 2.45) is 0 Å². The van der Waals surface area contributed by atoms with Gasteiger partial charge in [0.25, 0.3) is 0 Å². The highest BCUT2D eigenvalue weighted by Crippen LogP contribution is 2.27. The third-order valence-corrected chi connectivity index (χ3v) is 6.37. The summed E-state index contributed by atoms with van der Waals surface area (Å²) in [4.78, 5) is 5.20. The number of rotatable bonds is 4. The molecule has 2 aromatic rings. The molecular formula is C21H29N4O. The molecule has 0 amide bonds. The Morgan fingerprint density at radius 2 is 1.85 bits per heavy atom. The highest BCUT2D eigenvalue weighted by Gasteiger charge is 2.28. The van der Waals surface area contributed by atoms with Crippen LogP contribution in [0, 0.1) is 6.07 Å². The molecule has 26 heavy (non-hydrogen) atoms. The second kappa shape index (κ2) is 7.22. The monoisotopic (exact) mass is 353 g/mol. The number of aromatic nitrogens is 1. The molecule has 1 aromatic carbocycles. The summed E-state index contributed by atoms with van der Waals surface area (Å²) in [7, 11) is 0. The molecule has 0 spiro atoms. The fourth-order valence-corrected chi connectivity index (χ4v) is 4.55. The summed E-state index contributed by atoms with van der Waals surface area (Å²) in [5.74, 6) is 0. The van der Waals surface area contributed by atoms with E-state index in [1.807, 2.05) is 6.07 Å². The van der Waals surface area contributed by atoms with Gasteiger partial charge >= 0.3 is 0 Å². The van der Waals surface area contributed by atoms with Crippen molar-refractivity contribution in [1.82, 2.24) is 14.5 Å². The van der Waals surface area contributed by atoms with E-state index >= 15 is 0 Å². The molecule has 1 aliphatic carbocycles. The molecule has 139 valence electrons. The van der Waals surface area contributed by atoms with Gasteiger partial charge in [-0.25, -0.2) is 0 Å². The van der Waals surface area contributed by atoms with E-state index in [9.17, 15) is 0 Å². The molecule has 0 N–H and O–H groups in total. The Hall–Kier alpha value is -1.56. The van der Waals surface area contributed by atoms with Crippen LogP contribution < -0.4 is 5.01 Å². The van der Waals surface area contributed by atoms with Crippen LogP contribution in [0.2, 0.25) is 0 Å². The summed E-state index contributed by atoms with van der Waals surface area (Å²) in [6.45, 7) is 9.38. The van der Waals surface area contributed by atoms with Crippen LogP contribution in [-0.2, 0) is 11.3 Å². The average Bonchev–Trinajstić information content (AvgIpc) is 3.01. The van der Waals surface area contributed by atoms with Crippen molar-refractivity contribution in [1.29, 1.82) is 0 Å². The number of hydrogen-bond acceptors (Lipinski definition) is 4. The molecule has 1 radical (unpaired) electrons. The number of nitrogens with zero attached hydrogens (tertiary/aromatic N) is 4. The Kier molecular flexibility index (Phi) is 4.61. The van der Waals surface area contributed by atoms with Gasteiger partial charge in [-0.1, -0.05) is 24.6 Å². The van der Waals surface area contributed by atoms with Crippen LogP contribution in [0.25, 0.3) is 10.9 Å². The Balaban J connectivity index is 1.36. The maximum Gasteiger partial charge on any atom is 0.0777 e. The summed E-state index contributed by atoms with van der Waals surface area (Å²) in [6.07, 6.45) is 6.59. The minimum absolute atomic E-state index is 0.855. The molecule has 3 heterocycles. The lowest BCUT2D eigenvalue weighted by atomic mass is 9.91. The van der Waals surface area contributed by atoms with Crippen LogP contribution in [0.1, 0.15) is 24.8 Å². The van der Waals surface area contributed by atoms with Gasteiger partial charge in [-0.2, -0.15) is 0 Å². The van der Waals surface area contributed by atoms with Gasteiger partial charge < -0.3 is 9.75 Å². The van der Waals surface area contributed by atoms with Crippen LogP contribution >= 0.6 is 0 Å². The second-order valence-corrected chi connectivity index (χ2v) is 7.89. The number of fused-ring (bicyclic) bond motifs is 1. The van der Waals surface area contributed by atoms with Crippen molar-refractivity contribution in [3.8, 4) is 0 Å². The van der Waals surface area contributed by atoms with E-state index in [1.165, 1.54) is 48.8 Å². The zero-order chi connectivity index (χ0) is 17.3. The lowest BCUT2D eigenvalue weighted by molar-refractivity contribution is 0.0343. The minimum atomic E-state index is 0.855. The summed E-state index contributed by atoms with van der Waals surface area (Å²) >= 11 is 0. The smallest absolute Gasteiger partial charge is 0.0777 e. The molecule has 3 fully saturated rings. The maximum absolute atomic E-state index is 5.50. The first-order valence-electron chi connectivity index (χ1n) is 10.2. The fourth-order valence-electron chi connectivity index (χ4n) is 4.55. The van der Waals surface area contributed by atoms with Crippen molar-refractivity contribution in [3.05, 3.63) is 36.0 Å². The normalized spacial score (nSPS) is 23.5. The number of ether oxygens (including phenoxy) is 1. The van der Waals surface area contributed by atoms with E-state index in [0.717, 1.165) is 52.0 Å². The van der Waals surface area contributed by atoms with Crippen molar-refractivity contribution in [2.75, 3.05) is 57.5 Å². The van der Waals surface area contributed by atoms with Gasteiger partial charge in [-0.05, 0) is 18.4 Å². The zero-order valence-corrected chi connectivity index (χ0v) is 15.6.